The van der Waals surface area contributed by atoms with Gasteiger partial charge in [0.15, 0.2) is 0 Å². The van der Waals surface area contributed by atoms with Crippen molar-refractivity contribution in [2.45, 2.75) is 161 Å². The van der Waals surface area contributed by atoms with Crippen molar-refractivity contribution >= 4 is 0 Å². The van der Waals surface area contributed by atoms with Gasteiger partial charge in [-0.15, -0.1) is 0 Å². The fourth-order valence-corrected chi connectivity index (χ4v) is 4.67. The molecular formula is C36H70. The van der Waals surface area contributed by atoms with Gasteiger partial charge in [0.25, 0.3) is 0 Å². The Hall–Kier alpha value is -1.04. The molecule has 0 bridgehead atoms. The molecule has 0 aliphatic heterocycles. The highest BCUT2D eigenvalue weighted by Crippen LogP contribution is 2.49. The van der Waals surface area contributed by atoms with Crippen LogP contribution in [0.1, 0.15) is 161 Å². The van der Waals surface area contributed by atoms with Crippen molar-refractivity contribution in [1.82, 2.24) is 0 Å². The molecule has 0 radical (unpaired) electrons. The van der Waals surface area contributed by atoms with Gasteiger partial charge in [0.2, 0.25) is 0 Å². The molecule has 0 N–H and O–H groups in total. The quantitative estimate of drug-likeness (QED) is 0.329. The van der Waals surface area contributed by atoms with Gasteiger partial charge < -0.3 is 0 Å². The Balaban J connectivity index is -0.000000428. The lowest BCUT2D eigenvalue weighted by Gasteiger charge is -2.46. The third-order valence-electron chi connectivity index (χ3n) is 7.46. The van der Waals surface area contributed by atoms with Crippen LogP contribution in [0.3, 0.4) is 0 Å². The van der Waals surface area contributed by atoms with Gasteiger partial charge in [-0.05, 0) is 76.7 Å². The van der Waals surface area contributed by atoms with Gasteiger partial charge in [0, 0.05) is 5.92 Å². The van der Waals surface area contributed by atoms with E-state index in [1.54, 1.807) is 25.7 Å². The minimum absolute atomic E-state index is 0.477. The van der Waals surface area contributed by atoms with Crippen molar-refractivity contribution in [3.8, 4) is 0 Å². The Bertz CT molecular complexity index is 552. The molecule has 4 aliphatic carbocycles. The molecule has 2 unspecified atom stereocenters. The summed E-state index contributed by atoms with van der Waals surface area (Å²) in [4.78, 5) is 0. The Morgan fingerprint density at radius 2 is 1.06 bits per heavy atom. The molecule has 0 heterocycles. The van der Waals surface area contributed by atoms with E-state index in [0.29, 0.717) is 11.8 Å². The standard InChI is InChI=1S/C15H22.C6H10.C6H12.C3H8.3C2H6/c1-7-10(2)14(6)15-9-12(4)11(3)8-13(15)5;1-2-6-4-3-5(1)6;1-2-4-6-5-3-1;1-3-2;3*1-2/h7-9,13,15H,6H2,1-5H3;5-6H,1-4H2;1-6H2;3H2,1-2H3;3*1-2H3/b10-7-;;;;;;. The maximum Gasteiger partial charge on any atom is 0.00808 e. The number of fused-ring (bicyclic) bond motifs is 1. The number of hydrogen-bond donors (Lipinski definition) is 0. The van der Waals surface area contributed by atoms with Crippen molar-refractivity contribution in [3.05, 3.63) is 47.1 Å². The van der Waals surface area contributed by atoms with Crippen molar-refractivity contribution in [3.63, 3.8) is 0 Å². The number of hydrogen-bond acceptors (Lipinski definition) is 0. The first-order valence-corrected chi connectivity index (χ1v) is 16.0. The molecule has 0 heteroatoms. The topological polar surface area (TPSA) is 0 Å². The predicted octanol–water partition coefficient (Wildman–Crippen LogP) is 13.3. The number of allylic oxidation sites excluding steroid dienone is 7. The first-order chi connectivity index (χ1) is 17.3. The van der Waals surface area contributed by atoms with Crippen molar-refractivity contribution in [2.24, 2.45) is 23.7 Å². The fourth-order valence-electron chi connectivity index (χ4n) is 4.67. The monoisotopic (exact) mass is 503 g/mol. The molecule has 0 spiro atoms. The van der Waals surface area contributed by atoms with Crippen LogP contribution in [0.4, 0.5) is 0 Å². The maximum atomic E-state index is 4.22. The molecule has 4 rings (SSSR count). The Morgan fingerprint density at radius 3 is 1.31 bits per heavy atom. The summed E-state index contributed by atoms with van der Waals surface area (Å²) in [5.41, 5.74) is 5.37. The van der Waals surface area contributed by atoms with Crippen LogP contribution < -0.4 is 0 Å². The molecule has 36 heavy (non-hydrogen) atoms. The number of rotatable bonds is 2. The van der Waals surface area contributed by atoms with E-state index in [4.69, 9.17) is 0 Å². The van der Waals surface area contributed by atoms with Gasteiger partial charge in [-0.3, -0.25) is 0 Å². The second kappa shape index (κ2) is 27.0. The van der Waals surface area contributed by atoms with Gasteiger partial charge >= 0.3 is 0 Å². The lowest BCUT2D eigenvalue weighted by atomic mass is 9.60. The summed E-state index contributed by atoms with van der Waals surface area (Å²) in [5.74, 6) is 3.47. The van der Waals surface area contributed by atoms with Crippen molar-refractivity contribution in [1.29, 1.82) is 0 Å². The second-order valence-corrected chi connectivity index (χ2v) is 10.1. The SMILES string of the molecule is C1CC2CCC12.C1CCCCC1.C=C(/C(C)=C\C)C1C=C(C)C(C)=CC1C.CC.CC.CC.CCC. The van der Waals surface area contributed by atoms with Gasteiger partial charge in [-0.2, -0.15) is 0 Å². The van der Waals surface area contributed by atoms with E-state index in [0.717, 1.165) is 0 Å². The molecule has 0 nitrogen and oxygen atoms in total. The summed E-state index contributed by atoms with van der Waals surface area (Å²) in [6.07, 6.45) is 23.3. The Labute approximate surface area is 231 Å². The first kappa shape index (κ1) is 39.5. The molecule has 0 aromatic rings. The highest BCUT2D eigenvalue weighted by molar-refractivity contribution is 5.40. The largest absolute Gasteiger partial charge is 0.0950 e. The molecule has 214 valence electrons. The lowest BCUT2D eigenvalue weighted by Crippen LogP contribution is -2.34. The summed E-state index contributed by atoms with van der Waals surface area (Å²) >= 11 is 0. The maximum absolute atomic E-state index is 4.22. The average Bonchev–Trinajstić information content (AvgIpc) is 2.93. The van der Waals surface area contributed by atoms with Crippen LogP contribution in [-0.4, -0.2) is 0 Å². The minimum atomic E-state index is 0.477. The third kappa shape index (κ3) is 16.7. The van der Waals surface area contributed by atoms with Gasteiger partial charge in [-0.25, -0.2) is 0 Å². The zero-order chi connectivity index (χ0) is 28.5. The average molecular weight is 503 g/mol. The van der Waals surface area contributed by atoms with Crippen LogP contribution in [-0.2, 0) is 0 Å². The summed E-state index contributed by atoms with van der Waals surface area (Å²) < 4.78 is 0. The molecule has 4 aliphatic rings. The molecular weight excluding hydrogens is 432 g/mol. The molecule has 0 saturated heterocycles. The highest BCUT2D eigenvalue weighted by Gasteiger charge is 2.37. The van der Waals surface area contributed by atoms with Crippen molar-refractivity contribution < 1.29 is 0 Å². The zero-order valence-corrected chi connectivity index (χ0v) is 27.5. The summed E-state index contributed by atoms with van der Waals surface area (Å²) in [6, 6.07) is 0. The van der Waals surface area contributed by atoms with Crippen LogP contribution in [0.5, 0.6) is 0 Å². The van der Waals surface area contributed by atoms with Gasteiger partial charge in [-0.1, -0.05) is 149 Å². The van der Waals surface area contributed by atoms with E-state index < -0.39 is 0 Å². The van der Waals surface area contributed by atoms with Crippen LogP contribution in [0.25, 0.3) is 0 Å². The molecule has 0 aromatic carbocycles. The summed E-state index contributed by atoms with van der Waals surface area (Å²) in [6.45, 7) is 31.3. The second-order valence-electron chi connectivity index (χ2n) is 10.1. The van der Waals surface area contributed by atoms with Crippen LogP contribution in [0.15, 0.2) is 47.1 Å². The smallest absolute Gasteiger partial charge is 0.00808 e. The van der Waals surface area contributed by atoms with E-state index in [1.807, 2.05) is 41.5 Å². The normalized spacial score (nSPS) is 25.0. The van der Waals surface area contributed by atoms with Gasteiger partial charge in [0.05, 0.1) is 0 Å². The van der Waals surface area contributed by atoms with E-state index >= 15 is 0 Å². The molecule has 2 atom stereocenters. The van der Waals surface area contributed by atoms with E-state index in [-0.39, 0.29) is 0 Å². The molecule has 3 saturated carbocycles. The van der Waals surface area contributed by atoms with Crippen LogP contribution >= 0.6 is 0 Å². The minimum Gasteiger partial charge on any atom is -0.0950 e. The van der Waals surface area contributed by atoms with E-state index in [9.17, 15) is 0 Å². The lowest BCUT2D eigenvalue weighted by molar-refractivity contribution is 0.0548. The van der Waals surface area contributed by atoms with Crippen LogP contribution in [0, 0.1) is 23.7 Å². The summed E-state index contributed by atoms with van der Waals surface area (Å²) in [7, 11) is 0. The molecule has 0 aromatic heterocycles. The Kier molecular flexibility index (Phi) is 29.6. The fraction of sp³-hybridized carbons (Fsp3) is 0.778. The molecule has 3 fully saturated rings. The molecule has 0 amide bonds. The first-order valence-electron chi connectivity index (χ1n) is 16.0. The van der Waals surface area contributed by atoms with E-state index in [2.05, 4.69) is 73.3 Å². The van der Waals surface area contributed by atoms with Crippen molar-refractivity contribution in [2.75, 3.05) is 0 Å². The Morgan fingerprint density at radius 1 is 0.750 bits per heavy atom. The summed E-state index contributed by atoms with van der Waals surface area (Å²) in [5, 5.41) is 0. The zero-order valence-electron chi connectivity index (χ0n) is 27.5. The van der Waals surface area contributed by atoms with E-state index in [1.165, 1.54) is 79.1 Å². The third-order valence-corrected chi connectivity index (χ3v) is 7.46. The highest BCUT2D eigenvalue weighted by atomic mass is 14.4. The predicted molar refractivity (Wildman–Crippen MR) is 172 cm³/mol. The van der Waals surface area contributed by atoms with Gasteiger partial charge in [0.1, 0.15) is 0 Å². The van der Waals surface area contributed by atoms with Crippen LogP contribution in [0.2, 0.25) is 0 Å².